The number of amides is 3. The zero-order chi connectivity index (χ0) is 23.0. The van der Waals surface area contributed by atoms with Crippen molar-refractivity contribution >= 4 is 29.3 Å². The van der Waals surface area contributed by atoms with Crippen LogP contribution in [0.15, 0.2) is 42.5 Å². The Bertz CT molecular complexity index is 933. The van der Waals surface area contributed by atoms with Crippen LogP contribution in [-0.4, -0.2) is 36.7 Å². The van der Waals surface area contributed by atoms with Gasteiger partial charge in [-0.3, -0.25) is 9.59 Å². The van der Waals surface area contributed by atoms with Gasteiger partial charge in [0.1, 0.15) is 17.9 Å². The minimum absolute atomic E-state index is 0.112. The van der Waals surface area contributed by atoms with Crippen LogP contribution in [0.1, 0.15) is 31.9 Å². The van der Waals surface area contributed by atoms with Crippen molar-refractivity contribution in [2.75, 3.05) is 23.8 Å². The molecule has 0 heterocycles. The molecule has 166 valence electrons. The Labute approximate surface area is 182 Å². The van der Waals surface area contributed by atoms with E-state index in [2.05, 4.69) is 16.0 Å². The van der Waals surface area contributed by atoms with Gasteiger partial charge in [0, 0.05) is 11.4 Å². The first-order valence-electron chi connectivity index (χ1n) is 9.88. The Kier molecular flexibility index (Phi) is 8.01. The van der Waals surface area contributed by atoms with Crippen LogP contribution in [0.3, 0.4) is 0 Å². The van der Waals surface area contributed by atoms with Crippen LogP contribution in [-0.2, 0) is 14.3 Å². The van der Waals surface area contributed by atoms with Crippen molar-refractivity contribution in [3.8, 4) is 5.75 Å². The molecule has 0 spiro atoms. The van der Waals surface area contributed by atoms with E-state index in [1.54, 1.807) is 45.0 Å². The fourth-order valence-corrected chi connectivity index (χ4v) is 2.61. The lowest BCUT2D eigenvalue weighted by molar-refractivity contribution is -0.118. The molecule has 0 bridgehead atoms. The van der Waals surface area contributed by atoms with Crippen LogP contribution in [0.2, 0.25) is 0 Å². The first-order chi connectivity index (χ1) is 14.5. The number of anilines is 2. The molecule has 0 aromatic heterocycles. The largest absolute Gasteiger partial charge is 0.483 e. The lowest BCUT2D eigenvalue weighted by Crippen LogP contribution is -2.37. The predicted octanol–water partition coefficient (Wildman–Crippen LogP) is 3.78. The molecular formula is C23H29N3O5. The molecule has 0 radical (unpaired) electrons. The van der Waals surface area contributed by atoms with Gasteiger partial charge in [-0.15, -0.1) is 0 Å². The van der Waals surface area contributed by atoms with Crippen LogP contribution in [0.25, 0.3) is 0 Å². The van der Waals surface area contributed by atoms with E-state index in [1.807, 2.05) is 32.0 Å². The second-order valence-electron chi connectivity index (χ2n) is 8.09. The first-order valence-corrected chi connectivity index (χ1v) is 9.88. The summed E-state index contributed by atoms with van der Waals surface area (Å²) in [6.45, 7) is 8.80. The number of carbonyl (C=O) groups excluding carboxylic acids is 3. The first kappa shape index (κ1) is 23.7. The lowest BCUT2D eigenvalue weighted by atomic mass is 10.1. The monoisotopic (exact) mass is 427 g/mol. The number of ether oxygens (including phenoxy) is 2. The van der Waals surface area contributed by atoms with Crippen LogP contribution in [0.4, 0.5) is 16.2 Å². The van der Waals surface area contributed by atoms with Gasteiger partial charge in [0.15, 0.2) is 6.61 Å². The van der Waals surface area contributed by atoms with Crippen molar-refractivity contribution in [2.24, 2.45) is 0 Å². The summed E-state index contributed by atoms with van der Waals surface area (Å²) < 4.78 is 10.6. The van der Waals surface area contributed by atoms with Crippen molar-refractivity contribution < 1.29 is 23.9 Å². The second kappa shape index (κ2) is 10.5. The average Bonchev–Trinajstić information content (AvgIpc) is 2.66. The van der Waals surface area contributed by atoms with E-state index in [0.717, 1.165) is 11.1 Å². The van der Waals surface area contributed by atoms with Gasteiger partial charge in [0.2, 0.25) is 5.91 Å². The molecule has 0 aliphatic carbocycles. The highest BCUT2D eigenvalue weighted by atomic mass is 16.6. The summed E-state index contributed by atoms with van der Waals surface area (Å²) >= 11 is 0. The maximum absolute atomic E-state index is 12.1. The molecule has 2 rings (SSSR count). The van der Waals surface area contributed by atoms with Gasteiger partial charge in [-0.25, -0.2) is 4.79 Å². The fourth-order valence-electron chi connectivity index (χ4n) is 2.61. The SMILES string of the molecule is Cc1ccc(OCC(=O)Nc2ccc(NC(=O)CNC(=O)OC(C)(C)C)cc2)c(C)c1. The Morgan fingerprint density at radius 1 is 0.871 bits per heavy atom. The maximum atomic E-state index is 12.1. The summed E-state index contributed by atoms with van der Waals surface area (Å²) in [5, 5.41) is 7.77. The molecule has 8 heteroatoms. The highest BCUT2D eigenvalue weighted by molar-refractivity contribution is 5.95. The van der Waals surface area contributed by atoms with E-state index in [-0.39, 0.29) is 19.1 Å². The smallest absolute Gasteiger partial charge is 0.408 e. The normalized spacial score (nSPS) is 10.7. The summed E-state index contributed by atoms with van der Waals surface area (Å²) in [6, 6.07) is 12.4. The third kappa shape index (κ3) is 8.77. The quantitative estimate of drug-likeness (QED) is 0.624. The van der Waals surface area contributed by atoms with E-state index in [1.165, 1.54) is 0 Å². The molecule has 8 nitrogen and oxygen atoms in total. The van der Waals surface area contributed by atoms with Gasteiger partial charge in [0.25, 0.3) is 5.91 Å². The molecule has 0 atom stereocenters. The van der Waals surface area contributed by atoms with Crippen molar-refractivity contribution in [3.05, 3.63) is 53.6 Å². The number of benzene rings is 2. The van der Waals surface area contributed by atoms with Gasteiger partial charge in [-0.1, -0.05) is 17.7 Å². The molecule has 0 aliphatic heterocycles. The van der Waals surface area contributed by atoms with Crippen LogP contribution >= 0.6 is 0 Å². The van der Waals surface area contributed by atoms with E-state index in [0.29, 0.717) is 17.1 Å². The zero-order valence-electron chi connectivity index (χ0n) is 18.5. The fraction of sp³-hybridized carbons (Fsp3) is 0.348. The Morgan fingerprint density at radius 2 is 1.45 bits per heavy atom. The summed E-state index contributed by atoms with van der Waals surface area (Å²) in [5.41, 5.74) is 2.56. The molecular weight excluding hydrogens is 398 g/mol. The van der Waals surface area contributed by atoms with E-state index >= 15 is 0 Å². The van der Waals surface area contributed by atoms with Crippen molar-refractivity contribution in [2.45, 2.75) is 40.2 Å². The van der Waals surface area contributed by atoms with Crippen molar-refractivity contribution in [1.29, 1.82) is 0 Å². The summed E-state index contributed by atoms with van der Waals surface area (Å²) in [4.78, 5) is 35.6. The molecule has 0 saturated carbocycles. The third-order valence-electron chi connectivity index (χ3n) is 3.93. The van der Waals surface area contributed by atoms with Gasteiger partial charge in [-0.05, 0) is 70.5 Å². The molecule has 2 aromatic carbocycles. The van der Waals surface area contributed by atoms with Gasteiger partial charge >= 0.3 is 6.09 Å². The minimum Gasteiger partial charge on any atom is -0.483 e. The highest BCUT2D eigenvalue weighted by Crippen LogP contribution is 2.19. The number of hydrogen-bond acceptors (Lipinski definition) is 5. The Morgan fingerprint density at radius 3 is 2.00 bits per heavy atom. The number of aryl methyl sites for hydroxylation is 2. The zero-order valence-corrected chi connectivity index (χ0v) is 18.5. The summed E-state index contributed by atoms with van der Waals surface area (Å²) in [6.07, 6.45) is -0.663. The number of rotatable bonds is 7. The van der Waals surface area contributed by atoms with Gasteiger partial charge < -0.3 is 25.4 Å². The number of alkyl carbamates (subject to hydrolysis) is 1. The topological polar surface area (TPSA) is 106 Å². The minimum atomic E-state index is -0.663. The summed E-state index contributed by atoms with van der Waals surface area (Å²) in [5.74, 6) is -0.0263. The Balaban J connectivity index is 1.77. The molecule has 0 fully saturated rings. The molecule has 31 heavy (non-hydrogen) atoms. The predicted molar refractivity (Wildman–Crippen MR) is 119 cm³/mol. The number of carbonyl (C=O) groups is 3. The van der Waals surface area contributed by atoms with Crippen LogP contribution in [0, 0.1) is 13.8 Å². The van der Waals surface area contributed by atoms with Crippen LogP contribution < -0.4 is 20.7 Å². The average molecular weight is 428 g/mol. The number of hydrogen-bond donors (Lipinski definition) is 3. The lowest BCUT2D eigenvalue weighted by Gasteiger charge is -2.19. The van der Waals surface area contributed by atoms with Crippen molar-refractivity contribution in [3.63, 3.8) is 0 Å². The van der Waals surface area contributed by atoms with Gasteiger partial charge in [0.05, 0.1) is 0 Å². The molecule has 0 unspecified atom stereocenters. The highest BCUT2D eigenvalue weighted by Gasteiger charge is 2.16. The summed E-state index contributed by atoms with van der Waals surface area (Å²) in [7, 11) is 0. The second-order valence-corrected chi connectivity index (χ2v) is 8.09. The van der Waals surface area contributed by atoms with E-state index < -0.39 is 17.6 Å². The maximum Gasteiger partial charge on any atom is 0.408 e. The van der Waals surface area contributed by atoms with Crippen molar-refractivity contribution in [1.82, 2.24) is 5.32 Å². The molecule has 2 aromatic rings. The Hall–Kier alpha value is -3.55. The van der Waals surface area contributed by atoms with E-state index in [4.69, 9.17) is 9.47 Å². The molecule has 3 amide bonds. The standard InChI is InChI=1S/C23H29N3O5/c1-15-6-11-19(16(2)12-15)30-14-21(28)26-18-9-7-17(8-10-18)25-20(27)13-24-22(29)31-23(3,4)5/h6-12H,13-14H2,1-5H3,(H,24,29)(H,25,27)(H,26,28). The molecule has 3 N–H and O–H groups in total. The molecule has 0 aliphatic rings. The molecule has 0 saturated heterocycles. The van der Waals surface area contributed by atoms with Gasteiger partial charge in [-0.2, -0.15) is 0 Å². The number of nitrogens with one attached hydrogen (secondary N) is 3. The van der Waals surface area contributed by atoms with Crippen LogP contribution in [0.5, 0.6) is 5.75 Å². The third-order valence-corrected chi connectivity index (χ3v) is 3.93. The van der Waals surface area contributed by atoms with E-state index in [9.17, 15) is 14.4 Å².